The number of hydrazine groups is 1. The van der Waals surface area contributed by atoms with Gasteiger partial charge in [-0.25, -0.2) is 4.52 Å². The highest BCUT2D eigenvalue weighted by atomic mass is 16.1. The van der Waals surface area contributed by atoms with Gasteiger partial charge in [-0.3, -0.25) is 20.2 Å². The molecule has 5 rings (SSSR count). The number of amides is 1. The Balaban J connectivity index is 1.44. The van der Waals surface area contributed by atoms with Gasteiger partial charge in [-0.05, 0) is 47.7 Å². The number of hydrogen-bond acceptors (Lipinski definition) is 4. The summed E-state index contributed by atoms with van der Waals surface area (Å²) in [7, 11) is 0. The summed E-state index contributed by atoms with van der Waals surface area (Å²) in [5, 5.41) is 7.83. The van der Waals surface area contributed by atoms with Gasteiger partial charge < -0.3 is 5.32 Å². The Kier molecular flexibility index (Phi) is 5.31. The molecule has 0 unspecified atom stereocenters. The summed E-state index contributed by atoms with van der Waals surface area (Å²) in [5.74, 6) is 0.246. The third-order valence-electron chi connectivity index (χ3n) is 6.30. The first-order chi connectivity index (χ1) is 15.8. The van der Waals surface area contributed by atoms with E-state index >= 15 is 0 Å². The number of carbonyl (C=O) groups excluding carboxylic acids is 1. The molecule has 0 atom stereocenters. The van der Waals surface area contributed by atoms with Gasteiger partial charge in [0.25, 0.3) is 5.91 Å². The average Bonchev–Trinajstić information content (AvgIpc) is 3.52. The molecule has 7 heteroatoms. The number of imidazole rings is 1. The van der Waals surface area contributed by atoms with Crippen LogP contribution in [0.1, 0.15) is 53.9 Å². The molecule has 1 fully saturated rings. The van der Waals surface area contributed by atoms with Gasteiger partial charge in [0.15, 0.2) is 0 Å². The molecule has 2 aromatic carbocycles. The molecule has 170 valence electrons. The normalized spacial score (nSPS) is 14.8. The van der Waals surface area contributed by atoms with Crippen molar-refractivity contribution < 1.29 is 4.79 Å². The van der Waals surface area contributed by atoms with Gasteiger partial charge in [0, 0.05) is 48.7 Å². The standard InChI is InChI=1S/C26H30N6O/c1-17-8-9-21(29-25(33)18-6-5-7-20(12-18)26(2,3)4)13-23(17)31-10-11-32-24(31)14-22(30-32)19-15-27-28-16-19/h5-14,19,27-28H,15-16H2,1-4H3,(H,29,33). The summed E-state index contributed by atoms with van der Waals surface area (Å²) in [6, 6.07) is 16.0. The number of anilines is 1. The highest BCUT2D eigenvalue weighted by Gasteiger charge is 2.21. The summed E-state index contributed by atoms with van der Waals surface area (Å²) >= 11 is 0. The molecule has 3 heterocycles. The zero-order valence-corrected chi connectivity index (χ0v) is 19.5. The van der Waals surface area contributed by atoms with Crippen molar-refractivity contribution in [3.05, 3.63) is 83.3 Å². The summed E-state index contributed by atoms with van der Waals surface area (Å²) in [6.45, 7) is 10.3. The van der Waals surface area contributed by atoms with Crippen LogP contribution in [0.5, 0.6) is 0 Å². The van der Waals surface area contributed by atoms with Crippen molar-refractivity contribution in [2.24, 2.45) is 0 Å². The Labute approximate surface area is 193 Å². The molecule has 1 aliphatic heterocycles. The van der Waals surface area contributed by atoms with E-state index in [1.165, 1.54) is 0 Å². The minimum Gasteiger partial charge on any atom is -0.322 e. The van der Waals surface area contributed by atoms with E-state index in [0.29, 0.717) is 11.5 Å². The van der Waals surface area contributed by atoms with E-state index in [-0.39, 0.29) is 11.3 Å². The highest BCUT2D eigenvalue weighted by Crippen LogP contribution is 2.26. The third-order valence-corrected chi connectivity index (χ3v) is 6.30. The molecule has 0 spiro atoms. The zero-order chi connectivity index (χ0) is 23.2. The maximum atomic E-state index is 13.0. The minimum atomic E-state index is -0.110. The minimum absolute atomic E-state index is 0.0121. The van der Waals surface area contributed by atoms with Crippen LogP contribution in [0.2, 0.25) is 0 Å². The summed E-state index contributed by atoms with van der Waals surface area (Å²) in [4.78, 5) is 13.0. The number of aromatic nitrogens is 3. The third kappa shape index (κ3) is 4.17. The molecule has 0 bridgehead atoms. The number of fused-ring (bicyclic) bond motifs is 1. The smallest absolute Gasteiger partial charge is 0.255 e. The maximum Gasteiger partial charge on any atom is 0.255 e. The van der Waals surface area contributed by atoms with E-state index in [2.05, 4.69) is 60.6 Å². The largest absolute Gasteiger partial charge is 0.322 e. The Morgan fingerprint density at radius 2 is 1.85 bits per heavy atom. The summed E-state index contributed by atoms with van der Waals surface area (Å²) in [6.07, 6.45) is 3.98. The second kappa shape index (κ2) is 8.17. The molecule has 1 aliphatic rings. The quantitative estimate of drug-likeness (QED) is 0.443. The van der Waals surface area contributed by atoms with Gasteiger partial charge in [-0.15, -0.1) is 0 Å². The molecule has 7 nitrogen and oxygen atoms in total. The number of nitrogens with zero attached hydrogens (tertiary/aromatic N) is 3. The SMILES string of the molecule is Cc1ccc(NC(=O)c2cccc(C(C)(C)C)c2)cc1-n1ccn2nc(C3CNNC3)cc12. The van der Waals surface area contributed by atoms with Crippen molar-refractivity contribution in [2.45, 2.75) is 39.0 Å². The molecule has 1 saturated heterocycles. The fourth-order valence-corrected chi connectivity index (χ4v) is 4.25. The van der Waals surface area contributed by atoms with E-state index < -0.39 is 0 Å². The number of benzene rings is 2. The second-order valence-electron chi connectivity index (χ2n) is 9.79. The Morgan fingerprint density at radius 1 is 1.06 bits per heavy atom. The van der Waals surface area contributed by atoms with Crippen LogP contribution in [0, 0.1) is 6.92 Å². The first kappa shape index (κ1) is 21.4. The van der Waals surface area contributed by atoms with Gasteiger partial charge in [-0.2, -0.15) is 5.10 Å². The lowest BCUT2D eigenvalue weighted by Crippen LogP contribution is -2.21. The van der Waals surface area contributed by atoms with Crippen molar-refractivity contribution in [3.63, 3.8) is 0 Å². The van der Waals surface area contributed by atoms with Crippen LogP contribution >= 0.6 is 0 Å². The lowest BCUT2D eigenvalue weighted by atomic mass is 9.86. The van der Waals surface area contributed by atoms with Gasteiger partial charge >= 0.3 is 0 Å². The molecule has 33 heavy (non-hydrogen) atoms. The van der Waals surface area contributed by atoms with Crippen LogP contribution in [0.25, 0.3) is 11.3 Å². The van der Waals surface area contributed by atoms with E-state index in [4.69, 9.17) is 5.10 Å². The second-order valence-corrected chi connectivity index (χ2v) is 9.79. The molecular formula is C26H30N6O. The summed E-state index contributed by atoms with van der Waals surface area (Å²) in [5.41, 5.74) is 13.1. The topological polar surface area (TPSA) is 75.4 Å². The number of rotatable bonds is 4. The molecular weight excluding hydrogens is 412 g/mol. The number of nitrogens with one attached hydrogen (secondary N) is 3. The lowest BCUT2D eigenvalue weighted by molar-refractivity contribution is 0.102. The Hall–Kier alpha value is -3.42. The van der Waals surface area contributed by atoms with Crippen LogP contribution in [-0.2, 0) is 5.41 Å². The van der Waals surface area contributed by atoms with Crippen LogP contribution in [-0.4, -0.2) is 33.2 Å². The maximum absolute atomic E-state index is 13.0. The molecule has 2 aromatic heterocycles. The van der Waals surface area contributed by atoms with Crippen LogP contribution in [0.3, 0.4) is 0 Å². The fraction of sp³-hybridized carbons (Fsp3) is 0.308. The van der Waals surface area contributed by atoms with Gasteiger partial charge in [-0.1, -0.05) is 39.0 Å². The van der Waals surface area contributed by atoms with Gasteiger partial charge in [0.1, 0.15) is 5.65 Å². The van der Waals surface area contributed by atoms with Crippen molar-refractivity contribution in [1.29, 1.82) is 0 Å². The summed E-state index contributed by atoms with van der Waals surface area (Å²) < 4.78 is 4.04. The molecule has 3 N–H and O–H groups in total. The molecule has 4 aromatic rings. The molecule has 0 radical (unpaired) electrons. The Morgan fingerprint density at radius 3 is 2.61 bits per heavy atom. The van der Waals surface area contributed by atoms with Crippen molar-refractivity contribution in [1.82, 2.24) is 25.0 Å². The van der Waals surface area contributed by atoms with Crippen LogP contribution < -0.4 is 16.2 Å². The van der Waals surface area contributed by atoms with Gasteiger partial charge in [0.05, 0.1) is 11.4 Å². The monoisotopic (exact) mass is 442 g/mol. The van der Waals surface area contributed by atoms with Crippen LogP contribution in [0.15, 0.2) is 60.9 Å². The van der Waals surface area contributed by atoms with Crippen molar-refractivity contribution in [3.8, 4) is 5.69 Å². The number of hydrogen-bond donors (Lipinski definition) is 3. The molecule has 0 aliphatic carbocycles. The fourth-order valence-electron chi connectivity index (χ4n) is 4.25. The predicted octanol–water partition coefficient (Wildman–Crippen LogP) is 4.17. The number of carbonyl (C=O) groups is 1. The first-order valence-corrected chi connectivity index (χ1v) is 11.3. The van der Waals surface area contributed by atoms with Gasteiger partial charge in [0.2, 0.25) is 0 Å². The Bertz CT molecular complexity index is 1320. The molecule has 1 amide bonds. The van der Waals surface area contributed by atoms with E-state index in [1.807, 2.05) is 53.3 Å². The lowest BCUT2D eigenvalue weighted by Gasteiger charge is -2.19. The number of aryl methyl sites for hydroxylation is 1. The van der Waals surface area contributed by atoms with Crippen molar-refractivity contribution >= 4 is 17.2 Å². The predicted molar refractivity (Wildman–Crippen MR) is 131 cm³/mol. The van der Waals surface area contributed by atoms with E-state index in [9.17, 15) is 4.79 Å². The van der Waals surface area contributed by atoms with E-state index in [1.54, 1.807) is 0 Å². The average molecular weight is 443 g/mol. The molecule has 0 saturated carbocycles. The van der Waals surface area contributed by atoms with Crippen LogP contribution in [0.4, 0.5) is 5.69 Å². The first-order valence-electron chi connectivity index (χ1n) is 11.3. The highest BCUT2D eigenvalue weighted by molar-refractivity contribution is 6.04. The zero-order valence-electron chi connectivity index (χ0n) is 19.5. The van der Waals surface area contributed by atoms with Crippen molar-refractivity contribution in [2.75, 3.05) is 18.4 Å². The van der Waals surface area contributed by atoms with E-state index in [0.717, 1.165) is 46.9 Å².